The van der Waals surface area contributed by atoms with E-state index in [0.29, 0.717) is 47.2 Å². The summed E-state index contributed by atoms with van der Waals surface area (Å²) in [6.45, 7) is 4.80. The molecule has 0 unspecified atom stereocenters. The van der Waals surface area contributed by atoms with Gasteiger partial charge in [-0.25, -0.2) is 0 Å². The van der Waals surface area contributed by atoms with Crippen molar-refractivity contribution in [1.82, 2.24) is 15.5 Å². The molecule has 136 valence electrons. The number of thioether (sulfide) groups is 1. The third kappa shape index (κ3) is 5.67. The molecule has 0 aliphatic rings. The van der Waals surface area contributed by atoms with Gasteiger partial charge in [-0.3, -0.25) is 4.79 Å². The lowest BCUT2D eigenvalue weighted by Gasteiger charge is -2.07. The summed E-state index contributed by atoms with van der Waals surface area (Å²) in [6.07, 6.45) is 0. The SMILES string of the molecule is COc1ccc(-c2noc(CSCC(=O)NCC(C)C)n2)cc1OC. The monoisotopic (exact) mass is 365 g/mol. The first-order valence-corrected chi connectivity index (χ1v) is 9.08. The first-order valence-electron chi connectivity index (χ1n) is 7.93. The molecular formula is C17H23N3O4S. The molecule has 0 bridgehead atoms. The summed E-state index contributed by atoms with van der Waals surface area (Å²) in [7, 11) is 3.16. The van der Waals surface area contributed by atoms with E-state index in [9.17, 15) is 4.79 Å². The molecule has 1 amide bonds. The molecule has 1 aromatic carbocycles. The number of carbonyl (C=O) groups excluding carboxylic acids is 1. The molecular weight excluding hydrogens is 342 g/mol. The first-order chi connectivity index (χ1) is 12.0. The average molecular weight is 365 g/mol. The lowest BCUT2D eigenvalue weighted by Crippen LogP contribution is -2.28. The zero-order chi connectivity index (χ0) is 18.2. The highest BCUT2D eigenvalue weighted by Crippen LogP contribution is 2.31. The number of hydrogen-bond acceptors (Lipinski definition) is 7. The topological polar surface area (TPSA) is 86.5 Å². The largest absolute Gasteiger partial charge is 0.493 e. The van der Waals surface area contributed by atoms with Gasteiger partial charge in [0.2, 0.25) is 17.6 Å². The first kappa shape index (κ1) is 19.1. The molecule has 2 rings (SSSR count). The van der Waals surface area contributed by atoms with Crippen LogP contribution < -0.4 is 14.8 Å². The van der Waals surface area contributed by atoms with Crippen molar-refractivity contribution in [3.63, 3.8) is 0 Å². The molecule has 0 spiro atoms. The number of hydrogen-bond donors (Lipinski definition) is 1. The van der Waals surface area contributed by atoms with Crippen LogP contribution in [0.25, 0.3) is 11.4 Å². The van der Waals surface area contributed by atoms with E-state index in [4.69, 9.17) is 14.0 Å². The van der Waals surface area contributed by atoms with Gasteiger partial charge in [0.25, 0.3) is 0 Å². The Kier molecular flexibility index (Phi) is 7.12. The summed E-state index contributed by atoms with van der Waals surface area (Å²) < 4.78 is 15.7. The van der Waals surface area contributed by atoms with E-state index >= 15 is 0 Å². The second-order valence-electron chi connectivity index (χ2n) is 5.77. The molecule has 0 atom stereocenters. The van der Waals surface area contributed by atoms with Gasteiger partial charge in [0.1, 0.15) is 0 Å². The fourth-order valence-corrected chi connectivity index (χ4v) is 2.69. The lowest BCUT2D eigenvalue weighted by molar-refractivity contribution is -0.118. The van der Waals surface area contributed by atoms with Crippen LogP contribution in [0.1, 0.15) is 19.7 Å². The van der Waals surface area contributed by atoms with E-state index in [2.05, 4.69) is 29.3 Å². The Balaban J connectivity index is 1.91. The smallest absolute Gasteiger partial charge is 0.236 e. The van der Waals surface area contributed by atoms with Crippen molar-refractivity contribution in [3.05, 3.63) is 24.1 Å². The summed E-state index contributed by atoms with van der Waals surface area (Å²) in [5, 5.41) is 6.85. The van der Waals surface area contributed by atoms with Gasteiger partial charge >= 0.3 is 0 Å². The van der Waals surface area contributed by atoms with E-state index in [1.807, 2.05) is 6.07 Å². The molecule has 2 aromatic rings. The predicted molar refractivity (Wildman–Crippen MR) is 96.8 cm³/mol. The zero-order valence-electron chi connectivity index (χ0n) is 14.9. The van der Waals surface area contributed by atoms with E-state index in [0.717, 1.165) is 5.56 Å². The van der Waals surface area contributed by atoms with Crippen LogP contribution in [0.4, 0.5) is 0 Å². The average Bonchev–Trinajstić information content (AvgIpc) is 3.08. The number of ether oxygens (including phenoxy) is 2. The summed E-state index contributed by atoms with van der Waals surface area (Å²) >= 11 is 1.44. The minimum atomic E-state index is 0.0123. The van der Waals surface area contributed by atoms with Gasteiger partial charge in [0.05, 0.1) is 25.7 Å². The fourth-order valence-electron chi connectivity index (χ4n) is 2.01. The Bertz CT molecular complexity index is 703. The van der Waals surface area contributed by atoms with Crippen LogP contribution in [-0.2, 0) is 10.5 Å². The molecule has 0 radical (unpaired) electrons. The second kappa shape index (κ2) is 9.31. The summed E-state index contributed by atoms with van der Waals surface area (Å²) in [5.41, 5.74) is 0.771. The van der Waals surface area contributed by atoms with Crippen LogP contribution in [0, 0.1) is 5.92 Å². The summed E-state index contributed by atoms with van der Waals surface area (Å²) in [4.78, 5) is 16.0. The van der Waals surface area contributed by atoms with Gasteiger partial charge < -0.3 is 19.3 Å². The van der Waals surface area contributed by atoms with Crippen LogP contribution >= 0.6 is 11.8 Å². The molecule has 1 aromatic heterocycles. The van der Waals surface area contributed by atoms with Crippen molar-refractivity contribution in [2.24, 2.45) is 5.92 Å². The van der Waals surface area contributed by atoms with Crippen LogP contribution in [0.15, 0.2) is 22.7 Å². The number of carbonyl (C=O) groups is 1. The van der Waals surface area contributed by atoms with Gasteiger partial charge in [-0.2, -0.15) is 4.98 Å². The number of nitrogens with zero attached hydrogens (tertiary/aromatic N) is 2. The number of aromatic nitrogens is 2. The Morgan fingerprint density at radius 1 is 1.28 bits per heavy atom. The van der Waals surface area contributed by atoms with Crippen molar-refractivity contribution < 1.29 is 18.8 Å². The number of rotatable bonds is 9. The predicted octanol–water partition coefficient (Wildman–Crippen LogP) is 2.76. The Hall–Kier alpha value is -2.22. The number of methoxy groups -OCH3 is 2. The number of amides is 1. The van der Waals surface area contributed by atoms with Crippen molar-refractivity contribution in [2.45, 2.75) is 19.6 Å². The maximum atomic E-state index is 11.7. The van der Waals surface area contributed by atoms with Crippen LogP contribution in [0.5, 0.6) is 11.5 Å². The summed E-state index contributed by atoms with van der Waals surface area (Å²) in [6, 6.07) is 5.42. The van der Waals surface area contributed by atoms with E-state index in [1.54, 1.807) is 26.4 Å². The summed E-state index contributed by atoms with van der Waals surface area (Å²) in [5.74, 6) is 3.48. The highest BCUT2D eigenvalue weighted by atomic mass is 32.2. The molecule has 8 heteroatoms. The van der Waals surface area contributed by atoms with E-state index in [1.165, 1.54) is 11.8 Å². The minimum absolute atomic E-state index is 0.0123. The molecule has 7 nitrogen and oxygen atoms in total. The highest BCUT2D eigenvalue weighted by Gasteiger charge is 2.12. The van der Waals surface area contributed by atoms with Crippen LogP contribution in [0.2, 0.25) is 0 Å². The molecule has 0 fully saturated rings. The minimum Gasteiger partial charge on any atom is -0.493 e. The standard InChI is InChI=1S/C17H23N3O4S/c1-11(2)8-18-15(21)9-25-10-16-19-17(20-24-16)12-5-6-13(22-3)14(7-12)23-4/h5-7,11H,8-10H2,1-4H3,(H,18,21). The second-order valence-corrected chi connectivity index (χ2v) is 6.76. The number of benzene rings is 1. The molecule has 25 heavy (non-hydrogen) atoms. The molecule has 1 heterocycles. The third-order valence-electron chi connectivity index (χ3n) is 3.28. The van der Waals surface area contributed by atoms with E-state index < -0.39 is 0 Å². The van der Waals surface area contributed by atoms with Crippen molar-refractivity contribution >= 4 is 17.7 Å². The third-order valence-corrected chi connectivity index (χ3v) is 4.19. The van der Waals surface area contributed by atoms with Gasteiger partial charge in [-0.1, -0.05) is 19.0 Å². The molecule has 1 N–H and O–H groups in total. The highest BCUT2D eigenvalue weighted by molar-refractivity contribution is 7.99. The lowest BCUT2D eigenvalue weighted by atomic mass is 10.2. The van der Waals surface area contributed by atoms with Crippen molar-refractivity contribution in [3.8, 4) is 22.9 Å². The zero-order valence-corrected chi connectivity index (χ0v) is 15.7. The molecule has 0 aliphatic carbocycles. The van der Waals surface area contributed by atoms with Gasteiger partial charge in [0, 0.05) is 12.1 Å². The van der Waals surface area contributed by atoms with Gasteiger partial charge in [-0.15, -0.1) is 11.8 Å². The quantitative estimate of drug-likeness (QED) is 0.731. The van der Waals surface area contributed by atoms with E-state index in [-0.39, 0.29) is 5.91 Å². The maximum Gasteiger partial charge on any atom is 0.236 e. The van der Waals surface area contributed by atoms with Crippen LogP contribution in [0.3, 0.4) is 0 Å². The molecule has 0 aliphatic heterocycles. The van der Waals surface area contributed by atoms with Crippen molar-refractivity contribution in [1.29, 1.82) is 0 Å². The van der Waals surface area contributed by atoms with Crippen molar-refractivity contribution in [2.75, 3.05) is 26.5 Å². The molecule has 0 saturated carbocycles. The molecule has 0 saturated heterocycles. The van der Waals surface area contributed by atoms with Crippen LogP contribution in [-0.4, -0.2) is 42.6 Å². The Morgan fingerprint density at radius 3 is 2.72 bits per heavy atom. The Labute approximate surface area is 151 Å². The fraction of sp³-hybridized carbons (Fsp3) is 0.471. The van der Waals surface area contributed by atoms with Gasteiger partial charge in [-0.05, 0) is 24.1 Å². The Morgan fingerprint density at radius 2 is 2.04 bits per heavy atom. The van der Waals surface area contributed by atoms with Gasteiger partial charge in [0.15, 0.2) is 11.5 Å². The maximum absolute atomic E-state index is 11.7. The normalized spacial score (nSPS) is 10.8. The number of nitrogens with one attached hydrogen (secondary N) is 1.